The zero-order valence-corrected chi connectivity index (χ0v) is 12.2. The van der Waals surface area contributed by atoms with E-state index in [4.69, 9.17) is 0 Å². The minimum absolute atomic E-state index is 0.00195. The molecule has 1 aromatic carbocycles. The molecule has 3 nitrogen and oxygen atoms in total. The molecule has 4 rings (SSSR count). The van der Waals surface area contributed by atoms with Crippen LogP contribution in [0.5, 0.6) is 0 Å². The van der Waals surface area contributed by atoms with Crippen molar-refractivity contribution >= 4 is 5.91 Å². The smallest absolute Gasteiger partial charge is 0.253 e. The number of rotatable bonds is 1. The van der Waals surface area contributed by atoms with E-state index in [9.17, 15) is 4.79 Å². The summed E-state index contributed by atoms with van der Waals surface area (Å²) in [5.74, 6) is 7.19. The zero-order chi connectivity index (χ0) is 15.0. The first-order valence-electron chi connectivity index (χ1n) is 7.55. The molecule has 2 atom stereocenters. The molecule has 1 aromatic heterocycles. The van der Waals surface area contributed by atoms with Crippen LogP contribution in [0.2, 0.25) is 0 Å². The Hall–Kier alpha value is -2.60. The van der Waals surface area contributed by atoms with Crippen molar-refractivity contribution in [2.24, 2.45) is 11.3 Å². The van der Waals surface area contributed by atoms with E-state index in [1.54, 1.807) is 6.20 Å². The number of benzene rings is 1. The Morgan fingerprint density at radius 1 is 1.18 bits per heavy atom. The molecule has 2 unspecified atom stereocenters. The predicted molar refractivity (Wildman–Crippen MR) is 84.0 cm³/mol. The number of fused-ring (bicyclic) bond motifs is 1. The van der Waals surface area contributed by atoms with Crippen molar-refractivity contribution in [2.45, 2.75) is 6.42 Å². The van der Waals surface area contributed by atoms with Crippen LogP contribution in [-0.2, 0) is 0 Å². The summed E-state index contributed by atoms with van der Waals surface area (Å²) < 4.78 is 0. The van der Waals surface area contributed by atoms with Crippen molar-refractivity contribution in [3.8, 4) is 11.8 Å². The van der Waals surface area contributed by atoms with Crippen LogP contribution in [0.15, 0.2) is 54.7 Å². The van der Waals surface area contributed by atoms with E-state index in [2.05, 4.69) is 16.8 Å². The largest absolute Gasteiger partial charge is 0.337 e. The molecular weight excluding hydrogens is 272 g/mol. The number of likely N-dealkylation sites (tertiary alicyclic amines) is 1. The highest BCUT2D eigenvalue weighted by atomic mass is 16.2. The molecule has 0 spiro atoms. The van der Waals surface area contributed by atoms with E-state index in [0.29, 0.717) is 5.92 Å². The van der Waals surface area contributed by atoms with Gasteiger partial charge in [-0.1, -0.05) is 30.2 Å². The van der Waals surface area contributed by atoms with Crippen LogP contribution >= 0.6 is 0 Å². The maximum absolute atomic E-state index is 12.5. The van der Waals surface area contributed by atoms with Gasteiger partial charge in [0.25, 0.3) is 5.91 Å². The van der Waals surface area contributed by atoms with Crippen molar-refractivity contribution in [3.05, 3.63) is 66.0 Å². The Balaban J connectivity index is 1.50. The van der Waals surface area contributed by atoms with E-state index < -0.39 is 0 Å². The second-order valence-electron chi connectivity index (χ2n) is 6.07. The Kier molecular flexibility index (Phi) is 2.97. The minimum Gasteiger partial charge on any atom is -0.337 e. The Labute approximate surface area is 130 Å². The molecule has 1 saturated carbocycles. The minimum atomic E-state index is 0.00195. The van der Waals surface area contributed by atoms with E-state index in [0.717, 1.165) is 30.8 Å². The maximum atomic E-state index is 12.5. The van der Waals surface area contributed by atoms with Crippen LogP contribution in [0.4, 0.5) is 0 Å². The average Bonchev–Trinajstić information content (AvgIpc) is 3.14. The quantitative estimate of drug-likeness (QED) is 0.756. The highest BCUT2D eigenvalue weighted by molar-refractivity contribution is 5.94. The van der Waals surface area contributed by atoms with E-state index >= 15 is 0 Å². The van der Waals surface area contributed by atoms with E-state index in [-0.39, 0.29) is 11.3 Å². The number of amides is 1. The monoisotopic (exact) mass is 288 g/mol. The molecule has 3 heteroatoms. The van der Waals surface area contributed by atoms with Crippen molar-refractivity contribution in [2.75, 3.05) is 13.1 Å². The van der Waals surface area contributed by atoms with Crippen LogP contribution in [-0.4, -0.2) is 28.9 Å². The number of piperidine rings is 1. The lowest BCUT2D eigenvalue weighted by Crippen LogP contribution is -2.31. The summed E-state index contributed by atoms with van der Waals surface area (Å²) in [5.41, 5.74) is 1.56. The number of nitrogens with zero attached hydrogens (tertiary/aromatic N) is 2. The summed E-state index contributed by atoms with van der Waals surface area (Å²) >= 11 is 0. The third-order valence-corrected chi connectivity index (χ3v) is 4.56. The summed E-state index contributed by atoms with van der Waals surface area (Å²) in [5, 5.41) is 0. The normalized spacial score (nSPS) is 25.1. The van der Waals surface area contributed by atoms with Crippen LogP contribution in [0, 0.1) is 23.2 Å². The average molecular weight is 288 g/mol. The highest BCUT2D eigenvalue weighted by Gasteiger charge is 2.60. The molecule has 0 N–H and O–H groups in total. The van der Waals surface area contributed by atoms with Crippen LogP contribution < -0.4 is 0 Å². The summed E-state index contributed by atoms with van der Waals surface area (Å²) in [6.07, 6.45) is 2.86. The summed E-state index contributed by atoms with van der Waals surface area (Å²) in [7, 11) is 0. The summed E-state index contributed by atoms with van der Waals surface area (Å²) in [6.45, 7) is 1.57. The van der Waals surface area contributed by atoms with Gasteiger partial charge >= 0.3 is 0 Å². The molecule has 2 aromatic rings. The van der Waals surface area contributed by atoms with Gasteiger partial charge in [-0.3, -0.25) is 4.79 Å². The van der Waals surface area contributed by atoms with Gasteiger partial charge in [0, 0.05) is 24.8 Å². The third kappa shape index (κ3) is 2.27. The SMILES string of the molecule is O=C(c1ccccc1)N1CC2CC2(C#Cc2ccccn2)C1. The lowest BCUT2D eigenvalue weighted by Gasteiger charge is -2.19. The topological polar surface area (TPSA) is 33.2 Å². The molecule has 22 heavy (non-hydrogen) atoms. The van der Waals surface area contributed by atoms with Gasteiger partial charge in [-0.15, -0.1) is 0 Å². The number of aromatic nitrogens is 1. The fourth-order valence-electron chi connectivity index (χ4n) is 3.22. The molecule has 0 bridgehead atoms. The summed E-state index contributed by atoms with van der Waals surface area (Å²) in [4.78, 5) is 18.7. The van der Waals surface area contributed by atoms with Crippen molar-refractivity contribution in [1.82, 2.24) is 9.88 Å². The van der Waals surface area contributed by atoms with E-state index in [1.807, 2.05) is 53.4 Å². The molecule has 1 saturated heterocycles. The van der Waals surface area contributed by atoms with Gasteiger partial charge in [0.1, 0.15) is 5.69 Å². The Morgan fingerprint density at radius 3 is 2.77 bits per heavy atom. The van der Waals surface area contributed by atoms with Gasteiger partial charge in [-0.2, -0.15) is 0 Å². The number of pyridine rings is 1. The van der Waals surface area contributed by atoms with Gasteiger partial charge in [0.05, 0.1) is 5.41 Å². The molecule has 108 valence electrons. The van der Waals surface area contributed by atoms with Gasteiger partial charge in [-0.05, 0) is 42.5 Å². The second kappa shape index (κ2) is 4.99. The molecule has 2 heterocycles. The first-order chi connectivity index (χ1) is 10.8. The number of carbonyl (C=O) groups excluding carboxylic acids is 1. The number of hydrogen-bond acceptors (Lipinski definition) is 2. The first kappa shape index (κ1) is 13.1. The maximum Gasteiger partial charge on any atom is 0.253 e. The van der Waals surface area contributed by atoms with Crippen LogP contribution in [0.3, 0.4) is 0 Å². The molecule has 1 aliphatic carbocycles. The Morgan fingerprint density at radius 2 is 2.00 bits per heavy atom. The van der Waals surface area contributed by atoms with Gasteiger partial charge < -0.3 is 4.90 Å². The summed E-state index contributed by atoms with van der Waals surface area (Å²) in [6, 6.07) is 15.2. The standard InChI is InChI=1S/C19H16N2O/c22-18(15-6-2-1-3-7-15)21-13-16-12-19(16,14-21)10-9-17-8-4-5-11-20-17/h1-8,11,16H,12-14H2. The number of hydrogen-bond donors (Lipinski definition) is 0. The van der Waals surface area contributed by atoms with Crippen molar-refractivity contribution < 1.29 is 4.79 Å². The molecule has 1 amide bonds. The van der Waals surface area contributed by atoms with Gasteiger partial charge in [0.2, 0.25) is 0 Å². The fourth-order valence-corrected chi connectivity index (χ4v) is 3.22. The lowest BCUT2D eigenvalue weighted by molar-refractivity contribution is 0.0770. The fraction of sp³-hybridized carbons (Fsp3) is 0.263. The first-order valence-corrected chi connectivity index (χ1v) is 7.55. The zero-order valence-electron chi connectivity index (χ0n) is 12.2. The van der Waals surface area contributed by atoms with Crippen molar-refractivity contribution in [1.29, 1.82) is 0 Å². The third-order valence-electron chi connectivity index (χ3n) is 4.56. The van der Waals surface area contributed by atoms with Gasteiger partial charge in [-0.25, -0.2) is 4.98 Å². The molecule has 2 fully saturated rings. The van der Waals surface area contributed by atoms with Crippen molar-refractivity contribution in [3.63, 3.8) is 0 Å². The predicted octanol–water partition coefficient (Wildman–Crippen LogP) is 2.60. The lowest BCUT2D eigenvalue weighted by atomic mass is 10.1. The Bertz CT molecular complexity index is 760. The van der Waals surface area contributed by atoms with Gasteiger partial charge in [0.15, 0.2) is 0 Å². The number of carbonyl (C=O) groups is 1. The second-order valence-corrected chi connectivity index (χ2v) is 6.07. The van der Waals surface area contributed by atoms with Crippen LogP contribution in [0.25, 0.3) is 0 Å². The molecule has 1 aliphatic heterocycles. The van der Waals surface area contributed by atoms with E-state index in [1.165, 1.54) is 0 Å². The highest BCUT2D eigenvalue weighted by Crippen LogP contribution is 2.57. The van der Waals surface area contributed by atoms with Crippen LogP contribution in [0.1, 0.15) is 22.5 Å². The molecule has 0 radical (unpaired) electrons. The molecule has 2 aliphatic rings. The molecular formula is C19H16N2O.